The summed E-state index contributed by atoms with van der Waals surface area (Å²) in [5.41, 5.74) is 3.61. The Bertz CT molecular complexity index is 541. The largest absolute Gasteiger partial charge is 0.313 e. The molecular weight excluding hydrogens is 200 g/mol. The first kappa shape index (κ1) is 10.6. The Labute approximate surface area is 94.2 Å². The molecule has 0 aliphatic carbocycles. The summed E-state index contributed by atoms with van der Waals surface area (Å²) in [4.78, 5) is 18.2. The zero-order valence-corrected chi connectivity index (χ0v) is 9.45. The van der Waals surface area contributed by atoms with Crippen LogP contribution in [0.4, 0.5) is 0 Å². The van der Waals surface area contributed by atoms with Gasteiger partial charge in [-0.1, -0.05) is 31.2 Å². The fraction of sp³-hybridized carbons (Fsp3) is 0.231. The molecule has 1 aromatic carbocycles. The minimum atomic E-state index is -0.0791. The first-order chi connectivity index (χ1) is 7.72. The van der Waals surface area contributed by atoms with Crippen LogP contribution >= 0.6 is 0 Å². The van der Waals surface area contributed by atoms with Crippen LogP contribution in [-0.4, -0.2) is 9.97 Å². The van der Waals surface area contributed by atoms with Crippen LogP contribution in [0.25, 0.3) is 11.3 Å². The van der Waals surface area contributed by atoms with Gasteiger partial charge in [-0.2, -0.15) is 0 Å². The summed E-state index contributed by atoms with van der Waals surface area (Å²) in [6.45, 7) is 3.90. The third-order valence-electron chi connectivity index (χ3n) is 2.72. The molecule has 0 radical (unpaired) electrons. The molecule has 1 N–H and O–H groups in total. The van der Waals surface area contributed by atoms with Crippen LogP contribution in [-0.2, 0) is 6.42 Å². The van der Waals surface area contributed by atoms with E-state index >= 15 is 0 Å². The summed E-state index contributed by atoms with van der Waals surface area (Å²) >= 11 is 0. The molecule has 0 atom stereocenters. The van der Waals surface area contributed by atoms with E-state index in [2.05, 4.69) is 29.0 Å². The summed E-state index contributed by atoms with van der Waals surface area (Å²) in [5, 5.41) is 0. The van der Waals surface area contributed by atoms with Crippen LogP contribution in [0, 0.1) is 6.92 Å². The van der Waals surface area contributed by atoms with E-state index in [9.17, 15) is 4.79 Å². The number of aryl methyl sites for hydroxylation is 1. The van der Waals surface area contributed by atoms with Crippen LogP contribution in [0.1, 0.15) is 18.1 Å². The maximum Gasteiger partial charge on any atom is 0.254 e. The molecule has 0 saturated carbocycles. The van der Waals surface area contributed by atoms with Gasteiger partial charge in [-0.05, 0) is 18.9 Å². The van der Waals surface area contributed by atoms with Crippen LogP contribution in [0.15, 0.2) is 35.4 Å². The van der Waals surface area contributed by atoms with Crippen molar-refractivity contribution in [3.05, 3.63) is 52.1 Å². The SMILES string of the molecule is CCc1ccc(-c2nc[nH]c(=O)c2C)cc1. The fourth-order valence-corrected chi connectivity index (χ4v) is 1.66. The standard InChI is InChI=1S/C13H14N2O/c1-3-10-4-6-11(7-5-10)12-9(2)13(16)15-8-14-12/h4-8H,3H2,1-2H3,(H,14,15,16). The summed E-state index contributed by atoms with van der Waals surface area (Å²) < 4.78 is 0. The number of H-pyrrole nitrogens is 1. The van der Waals surface area contributed by atoms with Crippen molar-refractivity contribution in [3.8, 4) is 11.3 Å². The topological polar surface area (TPSA) is 45.8 Å². The van der Waals surface area contributed by atoms with E-state index in [0.29, 0.717) is 5.56 Å². The number of hydrogen-bond acceptors (Lipinski definition) is 2. The van der Waals surface area contributed by atoms with Gasteiger partial charge in [-0.3, -0.25) is 4.79 Å². The minimum absolute atomic E-state index is 0.0791. The van der Waals surface area contributed by atoms with Gasteiger partial charge in [0.2, 0.25) is 0 Å². The zero-order valence-electron chi connectivity index (χ0n) is 9.45. The number of rotatable bonds is 2. The molecule has 0 amide bonds. The molecule has 0 spiro atoms. The van der Waals surface area contributed by atoms with Gasteiger partial charge in [0.1, 0.15) is 0 Å². The van der Waals surface area contributed by atoms with Gasteiger partial charge in [0.25, 0.3) is 5.56 Å². The molecule has 0 aliphatic heterocycles. The number of hydrogen-bond donors (Lipinski definition) is 1. The van der Waals surface area contributed by atoms with Crippen molar-refractivity contribution in [2.75, 3.05) is 0 Å². The third kappa shape index (κ3) is 1.89. The highest BCUT2D eigenvalue weighted by molar-refractivity contribution is 5.62. The smallest absolute Gasteiger partial charge is 0.254 e. The van der Waals surface area contributed by atoms with E-state index in [1.165, 1.54) is 11.9 Å². The Morgan fingerprint density at radius 3 is 2.56 bits per heavy atom. The Morgan fingerprint density at radius 2 is 1.94 bits per heavy atom. The van der Waals surface area contributed by atoms with Gasteiger partial charge in [-0.25, -0.2) is 4.98 Å². The lowest BCUT2D eigenvalue weighted by molar-refractivity contribution is 1.08. The second-order valence-corrected chi connectivity index (χ2v) is 3.76. The minimum Gasteiger partial charge on any atom is -0.313 e. The Morgan fingerprint density at radius 1 is 1.25 bits per heavy atom. The molecule has 3 heteroatoms. The van der Waals surface area contributed by atoms with Crippen molar-refractivity contribution in [1.29, 1.82) is 0 Å². The van der Waals surface area contributed by atoms with E-state index in [1.54, 1.807) is 6.92 Å². The van der Waals surface area contributed by atoms with Crippen molar-refractivity contribution < 1.29 is 0 Å². The zero-order chi connectivity index (χ0) is 11.5. The molecule has 3 nitrogen and oxygen atoms in total. The normalized spacial score (nSPS) is 10.4. The quantitative estimate of drug-likeness (QED) is 0.833. The summed E-state index contributed by atoms with van der Waals surface area (Å²) in [5.74, 6) is 0. The fourth-order valence-electron chi connectivity index (χ4n) is 1.66. The molecule has 16 heavy (non-hydrogen) atoms. The van der Waals surface area contributed by atoms with Gasteiger partial charge in [0.05, 0.1) is 12.0 Å². The highest BCUT2D eigenvalue weighted by Crippen LogP contribution is 2.18. The second-order valence-electron chi connectivity index (χ2n) is 3.76. The van der Waals surface area contributed by atoms with Gasteiger partial charge < -0.3 is 4.98 Å². The van der Waals surface area contributed by atoms with Gasteiger partial charge in [0.15, 0.2) is 0 Å². The van der Waals surface area contributed by atoms with Crippen molar-refractivity contribution >= 4 is 0 Å². The predicted molar refractivity (Wildman–Crippen MR) is 64.4 cm³/mol. The molecule has 0 bridgehead atoms. The van der Waals surface area contributed by atoms with Crippen molar-refractivity contribution in [3.63, 3.8) is 0 Å². The molecule has 1 aromatic heterocycles. The lowest BCUT2D eigenvalue weighted by atomic mass is 10.0. The highest BCUT2D eigenvalue weighted by Gasteiger charge is 2.05. The number of aromatic amines is 1. The molecule has 0 saturated heterocycles. The molecule has 1 heterocycles. The van der Waals surface area contributed by atoms with E-state index in [-0.39, 0.29) is 5.56 Å². The van der Waals surface area contributed by atoms with Crippen LogP contribution < -0.4 is 5.56 Å². The van der Waals surface area contributed by atoms with E-state index in [4.69, 9.17) is 0 Å². The average Bonchev–Trinajstić information content (AvgIpc) is 2.33. The lowest BCUT2D eigenvalue weighted by Gasteiger charge is -2.04. The van der Waals surface area contributed by atoms with Crippen molar-refractivity contribution in [2.24, 2.45) is 0 Å². The Kier molecular flexibility index (Phi) is 2.86. The molecular formula is C13H14N2O. The first-order valence-electron chi connectivity index (χ1n) is 5.36. The lowest BCUT2D eigenvalue weighted by Crippen LogP contribution is -2.11. The van der Waals surface area contributed by atoms with Crippen LogP contribution in [0.3, 0.4) is 0 Å². The van der Waals surface area contributed by atoms with E-state index in [1.807, 2.05) is 12.1 Å². The predicted octanol–water partition coefficient (Wildman–Crippen LogP) is 2.31. The Balaban J connectivity index is 2.50. The number of nitrogens with one attached hydrogen (secondary N) is 1. The number of nitrogens with zero attached hydrogens (tertiary/aromatic N) is 1. The van der Waals surface area contributed by atoms with Crippen LogP contribution in [0.5, 0.6) is 0 Å². The maximum absolute atomic E-state index is 11.4. The molecule has 2 aromatic rings. The monoisotopic (exact) mass is 214 g/mol. The van der Waals surface area contributed by atoms with Crippen LogP contribution in [0.2, 0.25) is 0 Å². The Hall–Kier alpha value is -1.90. The van der Waals surface area contributed by atoms with Gasteiger partial charge >= 0.3 is 0 Å². The maximum atomic E-state index is 11.4. The van der Waals surface area contributed by atoms with E-state index < -0.39 is 0 Å². The number of aromatic nitrogens is 2. The molecule has 2 rings (SSSR count). The summed E-state index contributed by atoms with van der Waals surface area (Å²) in [7, 11) is 0. The second kappa shape index (κ2) is 4.31. The molecule has 82 valence electrons. The summed E-state index contributed by atoms with van der Waals surface area (Å²) in [6.07, 6.45) is 2.46. The molecule has 0 fully saturated rings. The summed E-state index contributed by atoms with van der Waals surface area (Å²) in [6, 6.07) is 8.15. The van der Waals surface area contributed by atoms with E-state index in [0.717, 1.165) is 17.7 Å². The molecule has 0 aliphatic rings. The van der Waals surface area contributed by atoms with Crippen molar-refractivity contribution in [2.45, 2.75) is 20.3 Å². The highest BCUT2D eigenvalue weighted by atomic mass is 16.1. The first-order valence-corrected chi connectivity index (χ1v) is 5.36. The average molecular weight is 214 g/mol. The molecule has 0 unspecified atom stereocenters. The van der Waals surface area contributed by atoms with Gasteiger partial charge in [-0.15, -0.1) is 0 Å². The third-order valence-corrected chi connectivity index (χ3v) is 2.72. The van der Waals surface area contributed by atoms with Crippen molar-refractivity contribution in [1.82, 2.24) is 9.97 Å². The van der Waals surface area contributed by atoms with Gasteiger partial charge in [0, 0.05) is 11.1 Å². The number of benzene rings is 1.